The van der Waals surface area contributed by atoms with E-state index in [1.54, 1.807) is 11.3 Å². The summed E-state index contributed by atoms with van der Waals surface area (Å²) in [5, 5.41) is 1.17. The molecule has 1 aliphatic rings. The fourth-order valence-electron chi connectivity index (χ4n) is 3.75. The molecule has 1 aromatic carbocycles. The first kappa shape index (κ1) is 18.9. The number of thiophene rings is 1. The van der Waals surface area contributed by atoms with Crippen molar-refractivity contribution in [1.82, 2.24) is 4.98 Å². The van der Waals surface area contributed by atoms with Crippen LogP contribution in [0.3, 0.4) is 0 Å². The van der Waals surface area contributed by atoms with Crippen LogP contribution in [0.25, 0.3) is 21.3 Å². The molecule has 0 amide bonds. The molecule has 3 nitrogen and oxygen atoms in total. The van der Waals surface area contributed by atoms with E-state index in [0.29, 0.717) is 12.2 Å². The van der Waals surface area contributed by atoms with E-state index in [2.05, 4.69) is 12.1 Å². The number of fused-ring (bicyclic) bond motifs is 3. The Morgan fingerprint density at radius 1 is 1.19 bits per heavy atom. The van der Waals surface area contributed by atoms with E-state index in [1.165, 1.54) is 28.7 Å². The molecule has 0 bridgehead atoms. The lowest BCUT2D eigenvalue weighted by Crippen LogP contribution is -2.11. The maximum Gasteiger partial charge on any atom is 0.340 e. The van der Waals surface area contributed by atoms with Gasteiger partial charge in [-0.15, -0.1) is 23.7 Å². The summed E-state index contributed by atoms with van der Waals surface area (Å²) in [5.74, 6) is -0.274. The summed E-state index contributed by atoms with van der Waals surface area (Å²) >= 11 is 1.79. The molecule has 2 aromatic heterocycles. The maximum atomic E-state index is 12.7. The van der Waals surface area contributed by atoms with Gasteiger partial charge in [0, 0.05) is 15.8 Å². The number of aromatic nitrogens is 1. The lowest BCUT2D eigenvalue weighted by molar-refractivity contribution is 0.0526. The van der Waals surface area contributed by atoms with Crippen molar-refractivity contribution in [3.63, 3.8) is 0 Å². The van der Waals surface area contributed by atoms with Gasteiger partial charge < -0.3 is 4.74 Å². The molecule has 5 heteroatoms. The minimum Gasteiger partial charge on any atom is -0.462 e. The van der Waals surface area contributed by atoms with E-state index < -0.39 is 0 Å². The van der Waals surface area contributed by atoms with Crippen LogP contribution in [0.2, 0.25) is 0 Å². The highest BCUT2D eigenvalue weighted by Gasteiger charge is 2.26. The third kappa shape index (κ3) is 3.12. The molecule has 0 saturated heterocycles. The zero-order valence-corrected chi connectivity index (χ0v) is 16.6. The third-order valence-corrected chi connectivity index (χ3v) is 6.01. The molecule has 4 rings (SSSR count). The van der Waals surface area contributed by atoms with E-state index in [-0.39, 0.29) is 18.4 Å². The zero-order valence-electron chi connectivity index (χ0n) is 15.0. The van der Waals surface area contributed by atoms with Gasteiger partial charge in [-0.25, -0.2) is 9.78 Å². The third-order valence-electron chi connectivity index (χ3n) is 4.83. The van der Waals surface area contributed by atoms with Crippen LogP contribution in [-0.2, 0) is 17.6 Å². The molecule has 1 aliphatic carbocycles. The second kappa shape index (κ2) is 7.77. The van der Waals surface area contributed by atoms with Crippen molar-refractivity contribution in [2.24, 2.45) is 0 Å². The Hall–Kier alpha value is -1.91. The lowest BCUT2D eigenvalue weighted by atomic mass is 9.90. The second-order valence-corrected chi connectivity index (χ2v) is 7.51. The van der Waals surface area contributed by atoms with Crippen molar-refractivity contribution in [2.45, 2.75) is 39.5 Å². The monoisotopic (exact) mass is 387 g/mol. The SMILES string of the molecule is CCOC(=O)c1c(C)nc2sc3c(c2c1-c1ccccc1)CCCC3.Cl. The quantitative estimate of drug-likeness (QED) is 0.537. The summed E-state index contributed by atoms with van der Waals surface area (Å²) < 4.78 is 5.36. The average Bonchev–Trinajstić information content (AvgIpc) is 2.99. The first-order chi connectivity index (χ1) is 12.2. The summed E-state index contributed by atoms with van der Waals surface area (Å²) in [6, 6.07) is 10.2. The number of halogens is 1. The summed E-state index contributed by atoms with van der Waals surface area (Å²) in [7, 11) is 0. The summed E-state index contributed by atoms with van der Waals surface area (Å²) in [5.41, 5.74) is 4.83. The summed E-state index contributed by atoms with van der Waals surface area (Å²) in [4.78, 5) is 20.0. The van der Waals surface area contributed by atoms with Crippen LogP contribution in [0, 0.1) is 6.92 Å². The van der Waals surface area contributed by atoms with E-state index >= 15 is 0 Å². The first-order valence-corrected chi connectivity index (χ1v) is 9.69. The molecule has 0 saturated carbocycles. The number of aryl methyl sites for hydroxylation is 3. The zero-order chi connectivity index (χ0) is 17.4. The fourth-order valence-corrected chi connectivity index (χ4v) is 5.07. The molecule has 3 aromatic rings. The molecule has 0 N–H and O–H groups in total. The number of ether oxygens (including phenoxy) is 1. The van der Waals surface area contributed by atoms with Crippen LogP contribution < -0.4 is 0 Å². The van der Waals surface area contributed by atoms with Crippen LogP contribution in [0.1, 0.15) is 46.3 Å². The van der Waals surface area contributed by atoms with Crippen LogP contribution >= 0.6 is 23.7 Å². The topological polar surface area (TPSA) is 39.2 Å². The number of rotatable bonds is 3. The highest BCUT2D eigenvalue weighted by Crippen LogP contribution is 2.43. The minimum absolute atomic E-state index is 0. The standard InChI is InChI=1S/C21H21NO2S.ClH/c1-3-24-21(23)17-13(2)22-20-19(15-11-7-8-12-16(15)25-20)18(17)14-9-5-4-6-10-14;/h4-6,9-10H,3,7-8,11-12H2,1-2H3;1H. The van der Waals surface area contributed by atoms with E-state index in [9.17, 15) is 4.79 Å². The Kier molecular flexibility index (Phi) is 5.64. The first-order valence-electron chi connectivity index (χ1n) is 8.88. The van der Waals surface area contributed by atoms with E-state index in [0.717, 1.165) is 34.5 Å². The number of pyridine rings is 1. The van der Waals surface area contributed by atoms with Crippen LogP contribution in [0.15, 0.2) is 30.3 Å². The lowest BCUT2D eigenvalue weighted by Gasteiger charge is -2.16. The number of carbonyl (C=O) groups is 1. The molecule has 0 aliphatic heterocycles. The van der Waals surface area contributed by atoms with Gasteiger partial charge in [0.05, 0.1) is 17.9 Å². The predicted molar refractivity (Wildman–Crippen MR) is 110 cm³/mol. The largest absolute Gasteiger partial charge is 0.462 e. The van der Waals surface area contributed by atoms with Gasteiger partial charge in [0.1, 0.15) is 4.83 Å². The minimum atomic E-state index is -0.274. The molecule has 0 atom stereocenters. The van der Waals surface area contributed by atoms with Gasteiger partial charge >= 0.3 is 5.97 Å². The Morgan fingerprint density at radius 2 is 1.92 bits per heavy atom. The van der Waals surface area contributed by atoms with Crippen molar-refractivity contribution >= 4 is 39.9 Å². The Balaban J connectivity index is 0.00000196. The molecular formula is C21H22ClNO2S. The predicted octanol–water partition coefficient (Wildman–Crippen LogP) is 5.75. The molecule has 0 spiro atoms. The van der Waals surface area contributed by atoms with Crippen LogP contribution in [0.4, 0.5) is 0 Å². The Bertz CT molecular complexity index is 950. The van der Waals surface area contributed by atoms with Gasteiger partial charge in [-0.2, -0.15) is 0 Å². The molecule has 0 fully saturated rings. The van der Waals surface area contributed by atoms with Crippen LogP contribution in [0.5, 0.6) is 0 Å². The van der Waals surface area contributed by atoms with Gasteiger partial charge in [0.25, 0.3) is 0 Å². The Labute approximate surface area is 163 Å². The fraction of sp³-hybridized carbons (Fsp3) is 0.333. The van der Waals surface area contributed by atoms with Crippen molar-refractivity contribution < 1.29 is 9.53 Å². The highest BCUT2D eigenvalue weighted by atomic mass is 35.5. The van der Waals surface area contributed by atoms with E-state index in [4.69, 9.17) is 9.72 Å². The normalized spacial score (nSPS) is 13.2. The van der Waals surface area contributed by atoms with Crippen molar-refractivity contribution in [1.29, 1.82) is 0 Å². The maximum absolute atomic E-state index is 12.7. The molecule has 26 heavy (non-hydrogen) atoms. The molecule has 136 valence electrons. The van der Waals surface area contributed by atoms with Gasteiger partial charge in [-0.05, 0) is 50.7 Å². The number of nitrogens with zero attached hydrogens (tertiary/aromatic N) is 1. The Morgan fingerprint density at radius 3 is 2.65 bits per heavy atom. The molecule has 2 heterocycles. The van der Waals surface area contributed by atoms with Gasteiger partial charge in [0.15, 0.2) is 0 Å². The van der Waals surface area contributed by atoms with Gasteiger partial charge in [-0.3, -0.25) is 0 Å². The van der Waals surface area contributed by atoms with Crippen molar-refractivity contribution in [3.05, 3.63) is 52.0 Å². The summed E-state index contributed by atoms with van der Waals surface area (Å²) in [6.07, 6.45) is 4.64. The number of hydrogen-bond donors (Lipinski definition) is 0. The van der Waals surface area contributed by atoms with Gasteiger partial charge in [-0.1, -0.05) is 30.3 Å². The van der Waals surface area contributed by atoms with Crippen LogP contribution in [-0.4, -0.2) is 17.6 Å². The number of esters is 1. The number of benzene rings is 1. The van der Waals surface area contributed by atoms with Gasteiger partial charge in [0.2, 0.25) is 0 Å². The molecule has 0 unspecified atom stereocenters. The number of carbonyl (C=O) groups excluding carboxylic acids is 1. The molecule has 0 radical (unpaired) electrons. The van der Waals surface area contributed by atoms with E-state index in [1.807, 2.05) is 32.0 Å². The second-order valence-electron chi connectivity index (χ2n) is 6.42. The average molecular weight is 388 g/mol. The smallest absolute Gasteiger partial charge is 0.340 e. The highest BCUT2D eigenvalue weighted by molar-refractivity contribution is 7.19. The van der Waals surface area contributed by atoms with Crippen molar-refractivity contribution in [2.75, 3.05) is 6.61 Å². The number of hydrogen-bond acceptors (Lipinski definition) is 4. The molecular weight excluding hydrogens is 366 g/mol. The summed E-state index contributed by atoms with van der Waals surface area (Å²) in [6.45, 7) is 4.12. The van der Waals surface area contributed by atoms with Crippen molar-refractivity contribution in [3.8, 4) is 11.1 Å².